The summed E-state index contributed by atoms with van der Waals surface area (Å²) in [5.41, 5.74) is 5.30. The summed E-state index contributed by atoms with van der Waals surface area (Å²) < 4.78 is 37.1. The molecule has 0 saturated carbocycles. The van der Waals surface area contributed by atoms with Gasteiger partial charge in [-0.2, -0.15) is 18.2 Å². The first-order valence-corrected chi connectivity index (χ1v) is 10.6. The van der Waals surface area contributed by atoms with Crippen LogP contribution in [-0.4, -0.2) is 52.0 Å². The van der Waals surface area contributed by atoms with Crippen molar-refractivity contribution in [1.29, 1.82) is 0 Å². The van der Waals surface area contributed by atoms with E-state index in [0.717, 1.165) is 40.3 Å². The van der Waals surface area contributed by atoms with E-state index in [1.807, 2.05) is 25.1 Å². The summed E-state index contributed by atoms with van der Waals surface area (Å²) in [7, 11) is 0. The maximum Gasteiger partial charge on any atom is 0.390 e. The van der Waals surface area contributed by atoms with Gasteiger partial charge in [0, 0.05) is 48.6 Å². The van der Waals surface area contributed by atoms with Crippen LogP contribution in [0, 0.1) is 0 Å². The number of alkyl halides is 3. The number of aromatic nitrogens is 3. The first-order chi connectivity index (χ1) is 15.2. The summed E-state index contributed by atoms with van der Waals surface area (Å²) in [4.78, 5) is 18.2. The molecule has 10 heteroatoms. The van der Waals surface area contributed by atoms with E-state index in [0.29, 0.717) is 18.4 Å². The Morgan fingerprint density at radius 1 is 1.22 bits per heavy atom. The first kappa shape index (κ1) is 22.2. The molecule has 0 saturated heterocycles. The quantitative estimate of drug-likeness (QED) is 0.621. The van der Waals surface area contributed by atoms with Crippen molar-refractivity contribution < 1.29 is 13.2 Å². The van der Waals surface area contributed by atoms with Crippen LogP contribution in [0.2, 0.25) is 0 Å². The SMILES string of the molecule is CC1=Nc2ccc(C3=CCNc4nc(NCCC(F)(F)F)ncc43)nc2CC1NC(C)C. The third-order valence-corrected chi connectivity index (χ3v) is 5.31. The summed E-state index contributed by atoms with van der Waals surface area (Å²) in [5, 5.41) is 9.32. The minimum Gasteiger partial charge on any atom is -0.366 e. The molecule has 2 aliphatic heterocycles. The van der Waals surface area contributed by atoms with Crippen molar-refractivity contribution in [3.63, 3.8) is 0 Å². The molecule has 2 aromatic rings. The molecule has 0 aliphatic carbocycles. The average molecular weight is 445 g/mol. The van der Waals surface area contributed by atoms with E-state index >= 15 is 0 Å². The van der Waals surface area contributed by atoms with Crippen molar-refractivity contribution in [3.8, 4) is 0 Å². The molecular formula is C22H26F3N7. The minimum atomic E-state index is -4.22. The van der Waals surface area contributed by atoms with Gasteiger partial charge in [0.2, 0.25) is 5.95 Å². The van der Waals surface area contributed by atoms with Gasteiger partial charge in [-0.05, 0) is 19.1 Å². The normalized spacial score (nSPS) is 17.8. The van der Waals surface area contributed by atoms with E-state index in [-0.39, 0.29) is 18.5 Å². The molecule has 2 aliphatic rings. The van der Waals surface area contributed by atoms with Crippen LogP contribution in [0.15, 0.2) is 29.4 Å². The monoisotopic (exact) mass is 445 g/mol. The van der Waals surface area contributed by atoms with Crippen LogP contribution in [0.1, 0.15) is 44.1 Å². The van der Waals surface area contributed by atoms with Crippen LogP contribution >= 0.6 is 0 Å². The van der Waals surface area contributed by atoms with Crippen molar-refractivity contribution in [2.24, 2.45) is 4.99 Å². The molecule has 2 aromatic heterocycles. The summed E-state index contributed by atoms with van der Waals surface area (Å²) >= 11 is 0. The highest BCUT2D eigenvalue weighted by molar-refractivity contribution is 5.92. The largest absolute Gasteiger partial charge is 0.390 e. The van der Waals surface area contributed by atoms with Crippen LogP contribution in [0.3, 0.4) is 0 Å². The number of halogens is 3. The zero-order valence-corrected chi connectivity index (χ0v) is 18.2. The molecule has 170 valence electrons. The Hall–Kier alpha value is -3.01. The fourth-order valence-electron chi connectivity index (χ4n) is 3.80. The van der Waals surface area contributed by atoms with Gasteiger partial charge < -0.3 is 16.0 Å². The second-order valence-electron chi connectivity index (χ2n) is 8.24. The molecule has 4 rings (SSSR count). The van der Waals surface area contributed by atoms with Crippen LogP contribution in [-0.2, 0) is 6.42 Å². The average Bonchev–Trinajstić information content (AvgIpc) is 2.72. The van der Waals surface area contributed by atoms with Gasteiger partial charge in [-0.25, -0.2) is 4.98 Å². The highest BCUT2D eigenvalue weighted by atomic mass is 19.4. The maximum absolute atomic E-state index is 12.4. The molecule has 0 spiro atoms. The van der Waals surface area contributed by atoms with E-state index < -0.39 is 12.6 Å². The minimum absolute atomic E-state index is 0.146. The number of hydrogen-bond acceptors (Lipinski definition) is 7. The lowest BCUT2D eigenvalue weighted by atomic mass is 9.97. The fraction of sp³-hybridized carbons (Fsp3) is 0.455. The van der Waals surface area contributed by atoms with Crippen molar-refractivity contribution in [2.45, 2.75) is 51.9 Å². The summed E-state index contributed by atoms with van der Waals surface area (Å²) in [6.07, 6.45) is -0.783. The van der Waals surface area contributed by atoms with E-state index in [2.05, 4.69) is 39.8 Å². The van der Waals surface area contributed by atoms with Gasteiger partial charge in [0.1, 0.15) is 5.82 Å². The Morgan fingerprint density at radius 3 is 2.78 bits per heavy atom. The zero-order chi connectivity index (χ0) is 22.9. The van der Waals surface area contributed by atoms with Crippen molar-refractivity contribution in [2.75, 3.05) is 23.7 Å². The van der Waals surface area contributed by atoms with Gasteiger partial charge in [0.05, 0.1) is 29.5 Å². The molecule has 7 nitrogen and oxygen atoms in total. The molecule has 4 heterocycles. The Bertz CT molecular complexity index is 1060. The molecule has 1 atom stereocenters. The number of nitrogens with zero attached hydrogens (tertiary/aromatic N) is 4. The van der Waals surface area contributed by atoms with Crippen molar-refractivity contribution in [1.82, 2.24) is 20.3 Å². The molecule has 0 aromatic carbocycles. The molecule has 32 heavy (non-hydrogen) atoms. The maximum atomic E-state index is 12.4. The lowest BCUT2D eigenvalue weighted by Gasteiger charge is -2.26. The highest BCUT2D eigenvalue weighted by Crippen LogP contribution is 2.33. The number of rotatable bonds is 6. The number of anilines is 2. The van der Waals surface area contributed by atoms with Gasteiger partial charge in [-0.15, -0.1) is 0 Å². The smallest absolute Gasteiger partial charge is 0.366 e. The second-order valence-corrected chi connectivity index (χ2v) is 8.24. The Labute approximate surface area is 184 Å². The molecule has 1 unspecified atom stereocenters. The summed E-state index contributed by atoms with van der Waals surface area (Å²) in [5.74, 6) is 0.729. The van der Waals surface area contributed by atoms with Gasteiger partial charge >= 0.3 is 6.18 Å². The number of pyridine rings is 1. The predicted octanol–water partition coefficient (Wildman–Crippen LogP) is 4.11. The molecular weight excluding hydrogens is 419 g/mol. The van der Waals surface area contributed by atoms with Crippen LogP contribution in [0.4, 0.5) is 30.6 Å². The fourth-order valence-corrected chi connectivity index (χ4v) is 3.80. The number of hydrogen-bond donors (Lipinski definition) is 3. The number of aliphatic imine (C=N–C) groups is 1. The van der Waals surface area contributed by atoms with Crippen molar-refractivity contribution in [3.05, 3.63) is 41.4 Å². The van der Waals surface area contributed by atoms with E-state index in [1.54, 1.807) is 6.20 Å². The summed E-state index contributed by atoms with van der Waals surface area (Å²) in [6, 6.07) is 4.39. The third-order valence-electron chi connectivity index (χ3n) is 5.31. The van der Waals surface area contributed by atoms with Crippen LogP contribution < -0.4 is 16.0 Å². The number of nitrogens with one attached hydrogen (secondary N) is 3. The van der Waals surface area contributed by atoms with Crippen molar-refractivity contribution >= 4 is 28.7 Å². The highest BCUT2D eigenvalue weighted by Gasteiger charge is 2.27. The predicted molar refractivity (Wildman–Crippen MR) is 120 cm³/mol. The van der Waals surface area contributed by atoms with Gasteiger partial charge in [-0.3, -0.25) is 9.98 Å². The standard InChI is InChI=1S/C22H26F3N7/c1-12(2)29-18-10-19-17(30-13(18)3)5-4-16(31-19)14-6-8-26-20-15(14)11-28-21(32-20)27-9-7-22(23,24)25/h4-6,11-12,18,29H,7-10H2,1-3H3,(H2,26,27,28,32). The Morgan fingerprint density at radius 2 is 2.03 bits per heavy atom. The van der Waals surface area contributed by atoms with Crippen LogP contribution in [0.25, 0.3) is 5.57 Å². The van der Waals surface area contributed by atoms with Gasteiger partial charge in [0.25, 0.3) is 0 Å². The van der Waals surface area contributed by atoms with Crippen LogP contribution in [0.5, 0.6) is 0 Å². The van der Waals surface area contributed by atoms with E-state index in [4.69, 9.17) is 9.98 Å². The van der Waals surface area contributed by atoms with E-state index in [9.17, 15) is 13.2 Å². The molecule has 0 fully saturated rings. The van der Waals surface area contributed by atoms with E-state index in [1.165, 1.54) is 0 Å². The first-order valence-electron chi connectivity index (χ1n) is 10.6. The lowest BCUT2D eigenvalue weighted by Crippen LogP contribution is -2.42. The zero-order valence-electron chi connectivity index (χ0n) is 18.2. The topological polar surface area (TPSA) is 87.1 Å². The molecule has 3 N–H and O–H groups in total. The molecule has 0 bridgehead atoms. The third kappa shape index (κ3) is 5.07. The second kappa shape index (κ2) is 8.85. The van der Waals surface area contributed by atoms with Gasteiger partial charge in [-0.1, -0.05) is 19.9 Å². The number of fused-ring (bicyclic) bond motifs is 2. The summed E-state index contributed by atoms with van der Waals surface area (Å²) in [6.45, 7) is 6.50. The Kier molecular flexibility index (Phi) is 6.14. The molecule has 0 radical (unpaired) electrons. The molecule has 0 amide bonds. The van der Waals surface area contributed by atoms with Gasteiger partial charge in [0.15, 0.2) is 0 Å². The Balaban J connectivity index is 1.55. The lowest BCUT2D eigenvalue weighted by molar-refractivity contribution is -0.131.